The van der Waals surface area contributed by atoms with E-state index < -0.39 is 0 Å². The number of halogens is 1. The van der Waals surface area contributed by atoms with E-state index in [4.69, 9.17) is 0 Å². The zero-order chi connectivity index (χ0) is 13.8. The van der Waals surface area contributed by atoms with Crippen molar-refractivity contribution in [1.29, 1.82) is 0 Å². The van der Waals surface area contributed by atoms with E-state index in [0.717, 1.165) is 37.4 Å². The molecule has 0 aromatic heterocycles. The maximum absolute atomic E-state index is 14.3. The average molecular weight is 262 g/mol. The SMILES string of the molecule is CN1CC2(C1)CN(c1ccc(C(C)(C)C)cc1F)C2. The molecular weight excluding hydrogens is 239 g/mol. The van der Waals surface area contributed by atoms with E-state index in [0.29, 0.717) is 5.41 Å². The van der Waals surface area contributed by atoms with Gasteiger partial charge in [-0.2, -0.15) is 0 Å². The highest BCUT2D eigenvalue weighted by molar-refractivity contribution is 5.53. The minimum absolute atomic E-state index is 0.00617. The Kier molecular flexibility index (Phi) is 2.69. The second-order valence-corrected chi connectivity index (χ2v) is 7.44. The molecule has 0 saturated carbocycles. The van der Waals surface area contributed by atoms with Gasteiger partial charge in [0.1, 0.15) is 5.82 Å². The number of likely N-dealkylation sites (tertiary alicyclic amines) is 1. The topological polar surface area (TPSA) is 6.48 Å². The minimum atomic E-state index is -0.0741. The number of nitrogens with zero attached hydrogens (tertiary/aromatic N) is 2. The van der Waals surface area contributed by atoms with Crippen LogP contribution in [0.15, 0.2) is 18.2 Å². The van der Waals surface area contributed by atoms with E-state index in [9.17, 15) is 4.39 Å². The molecule has 0 amide bonds. The summed E-state index contributed by atoms with van der Waals surface area (Å²) in [5.41, 5.74) is 2.29. The lowest BCUT2D eigenvalue weighted by molar-refractivity contribution is -0.00270. The predicted octanol–water partition coefficient (Wildman–Crippen LogP) is 2.88. The monoisotopic (exact) mass is 262 g/mol. The fourth-order valence-corrected chi connectivity index (χ4v) is 3.46. The fourth-order valence-electron chi connectivity index (χ4n) is 3.46. The number of anilines is 1. The van der Waals surface area contributed by atoms with Gasteiger partial charge in [-0.05, 0) is 30.2 Å². The van der Waals surface area contributed by atoms with Crippen molar-refractivity contribution in [3.05, 3.63) is 29.6 Å². The van der Waals surface area contributed by atoms with Gasteiger partial charge in [-0.15, -0.1) is 0 Å². The molecule has 2 fully saturated rings. The normalized spacial score (nSPS) is 22.3. The molecule has 104 valence electrons. The molecule has 0 radical (unpaired) electrons. The van der Waals surface area contributed by atoms with Gasteiger partial charge in [-0.3, -0.25) is 0 Å². The van der Waals surface area contributed by atoms with Crippen molar-refractivity contribution in [2.45, 2.75) is 26.2 Å². The molecule has 3 rings (SSSR count). The highest BCUT2D eigenvalue weighted by Crippen LogP contribution is 2.42. The van der Waals surface area contributed by atoms with Crippen molar-refractivity contribution in [1.82, 2.24) is 4.90 Å². The van der Waals surface area contributed by atoms with Crippen molar-refractivity contribution < 1.29 is 4.39 Å². The van der Waals surface area contributed by atoms with Crippen LogP contribution in [-0.4, -0.2) is 38.1 Å². The third kappa shape index (κ3) is 2.14. The molecule has 2 aliphatic heterocycles. The molecular formula is C16H23FN2. The molecule has 2 saturated heterocycles. The van der Waals surface area contributed by atoms with Gasteiger partial charge in [0.05, 0.1) is 5.69 Å². The van der Waals surface area contributed by atoms with Gasteiger partial charge >= 0.3 is 0 Å². The molecule has 0 atom stereocenters. The Morgan fingerprint density at radius 2 is 1.74 bits per heavy atom. The molecule has 3 heteroatoms. The zero-order valence-electron chi connectivity index (χ0n) is 12.3. The van der Waals surface area contributed by atoms with Gasteiger partial charge in [0.2, 0.25) is 0 Å². The van der Waals surface area contributed by atoms with Crippen LogP contribution in [0.3, 0.4) is 0 Å². The maximum Gasteiger partial charge on any atom is 0.146 e. The summed E-state index contributed by atoms with van der Waals surface area (Å²) in [6, 6.07) is 5.72. The van der Waals surface area contributed by atoms with Crippen molar-refractivity contribution in [3.8, 4) is 0 Å². The lowest BCUT2D eigenvalue weighted by Gasteiger charge is -2.60. The van der Waals surface area contributed by atoms with E-state index in [1.807, 2.05) is 6.07 Å². The Morgan fingerprint density at radius 3 is 2.21 bits per heavy atom. The molecule has 1 aromatic carbocycles. The zero-order valence-corrected chi connectivity index (χ0v) is 12.3. The number of hydrogen-bond donors (Lipinski definition) is 0. The van der Waals surface area contributed by atoms with E-state index in [2.05, 4.69) is 43.7 Å². The third-order valence-corrected chi connectivity index (χ3v) is 4.42. The van der Waals surface area contributed by atoms with Crippen LogP contribution in [0, 0.1) is 11.2 Å². The van der Waals surface area contributed by atoms with Crippen molar-refractivity contribution >= 4 is 5.69 Å². The summed E-state index contributed by atoms with van der Waals surface area (Å²) in [7, 11) is 2.15. The summed E-state index contributed by atoms with van der Waals surface area (Å²) in [5.74, 6) is -0.0741. The average Bonchev–Trinajstić information content (AvgIpc) is 2.20. The minimum Gasteiger partial charge on any atom is -0.368 e. The lowest BCUT2D eigenvalue weighted by atomic mass is 9.73. The van der Waals surface area contributed by atoms with Crippen molar-refractivity contribution in [2.24, 2.45) is 5.41 Å². The van der Waals surface area contributed by atoms with Crippen LogP contribution in [0.5, 0.6) is 0 Å². The maximum atomic E-state index is 14.3. The van der Waals surface area contributed by atoms with Gasteiger partial charge in [-0.1, -0.05) is 26.8 Å². The summed E-state index contributed by atoms with van der Waals surface area (Å²) < 4.78 is 14.3. The summed E-state index contributed by atoms with van der Waals surface area (Å²) in [6.07, 6.45) is 0. The third-order valence-electron chi connectivity index (χ3n) is 4.42. The van der Waals surface area contributed by atoms with Gasteiger partial charge in [-0.25, -0.2) is 4.39 Å². The van der Waals surface area contributed by atoms with E-state index >= 15 is 0 Å². The van der Waals surface area contributed by atoms with Crippen LogP contribution in [0.25, 0.3) is 0 Å². The molecule has 0 aliphatic carbocycles. The number of benzene rings is 1. The summed E-state index contributed by atoms with van der Waals surface area (Å²) in [4.78, 5) is 4.51. The standard InChI is InChI=1S/C16H23FN2/c1-15(2,3)12-5-6-14(13(17)7-12)19-10-16(11-19)8-18(4)9-16/h5-7H,8-11H2,1-4H3. The van der Waals surface area contributed by atoms with Crippen LogP contribution in [-0.2, 0) is 5.41 Å². The van der Waals surface area contributed by atoms with E-state index in [-0.39, 0.29) is 11.2 Å². The van der Waals surface area contributed by atoms with Crippen molar-refractivity contribution in [2.75, 3.05) is 38.1 Å². The van der Waals surface area contributed by atoms with E-state index in [1.165, 1.54) is 0 Å². The Bertz CT molecular complexity index is 490. The van der Waals surface area contributed by atoms with E-state index in [1.54, 1.807) is 6.07 Å². The van der Waals surface area contributed by atoms with Crippen LogP contribution >= 0.6 is 0 Å². The molecule has 0 bridgehead atoms. The fraction of sp³-hybridized carbons (Fsp3) is 0.625. The molecule has 1 spiro atoms. The summed E-state index contributed by atoms with van der Waals surface area (Å²) >= 11 is 0. The number of hydrogen-bond acceptors (Lipinski definition) is 2. The van der Waals surface area contributed by atoms with Crippen LogP contribution in [0.4, 0.5) is 10.1 Å². The molecule has 2 aliphatic rings. The molecule has 19 heavy (non-hydrogen) atoms. The Hall–Kier alpha value is -1.09. The van der Waals surface area contributed by atoms with Crippen LogP contribution < -0.4 is 4.90 Å². The largest absolute Gasteiger partial charge is 0.368 e. The highest BCUT2D eigenvalue weighted by atomic mass is 19.1. The lowest BCUT2D eigenvalue weighted by Crippen LogP contribution is -2.71. The quantitative estimate of drug-likeness (QED) is 0.768. The first-order valence-electron chi connectivity index (χ1n) is 7.03. The van der Waals surface area contributed by atoms with Gasteiger partial charge in [0.25, 0.3) is 0 Å². The second kappa shape index (κ2) is 3.95. The smallest absolute Gasteiger partial charge is 0.146 e. The highest BCUT2D eigenvalue weighted by Gasteiger charge is 2.50. The Morgan fingerprint density at radius 1 is 1.11 bits per heavy atom. The van der Waals surface area contributed by atoms with Crippen LogP contribution in [0.1, 0.15) is 26.3 Å². The first kappa shape index (κ1) is 12.9. The second-order valence-electron chi connectivity index (χ2n) is 7.44. The summed E-state index contributed by atoms with van der Waals surface area (Å²) in [6.45, 7) is 10.7. The van der Waals surface area contributed by atoms with Gasteiger partial charge in [0, 0.05) is 31.6 Å². The first-order valence-corrected chi connectivity index (χ1v) is 7.03. The molecule has 2 nitrogen and oxygen atoms in total. The first-order chi connectivity index (χ1) is 8.79. The molecule has 2 heterocycles. The van der Waals surface area contributed by atoms with Gasteiger partial charge in [0.15, 0.2) is 0 Å². The van der Waals surface area contributed by atoms with Crippen LogP contribution in [0.2, 0.25) is 0 Å². The molecule has 0 unspecified atom stereocenters. The molecule has 1 aromatic rings. The Balaban J connectivity index is 1.73. The predicted molar refractivity (Wildman–Crippen MR) is 77.2 cm³/mol. The van der Waals surface area contributed by atoms with Gasteiger partial charge < -0.3 is 9.80 Å². The molecule has 0 N–H and O–H groups in total. The summed E-state index contributed by atoms with van der Waals surface area (Å²) in [5, 5.41) is 0. The number of rotatable bonds is 1. The Labute approximate surface area is 115 Å². The van der Waals surface area contributed by atoms with Crippen molar-refractivity contribution in [3.63, 3.8) is 0 Å².